The summed E-state index contributed by atoms with van der Waals surface area (Å²) < 4.78 is 0. The molecule has 0 heterocycles. The Bertz CT molecular complexity index is 811. The lowest BCUT2D eigenvalue weighted by Crippen LogP contribution is -2.26. The van der Waals surface area contributed by atoms with Gasteiger partial charge in [-0.15, -0.1) is 0 Å². The average molecular weight is 339 g/mol. The van der Waals surface area contributed by atoms with Gasteiger partial charge in [-0.05, 0) is 43.5 Å². The number of hydrogen-bond acceptors (Lipinski definition) is 3. The molecule has 130 valence electrons. The fraction of sp³-hybridized carbons (Fsp3) is 0.250. The Hall–Kier alpha value is -2.95. The topological polar surface area (TPSA) is 83.5 Å². The van der Waals surface area contributed by atoms with Gasteiger partial charge in [-0.1, -0.05) is 30.3 Å². The van der Waals surface area contributed by atoms with Crippen molar-refractivity contribution in [1.82, 2.24) is 5.32 Å². The molecule has 5 heteroatoms. The number of carboxylic acids is 1. The summed E-state index contributed by atoms with van der Waals surface area (Å²) in [5, 5.41) is 11.3. The lowest BCUT2D eigenvalue weighted by atomic mass is 9.95. The minimum absolute atomic E-state index is 0.0104. The predicted octanol–water partition coefficient (Wildman–Crippen LogP) is 3.13. The van der Waals surface area contributed by atoms with Crippen molar-refractivity contribution in [2.24, 2.45) is 0 Å². The van der Waals surface area contributed by atoms with E-state index in [0.29, 0.717) is 23.1 Å². The molecule has 0 aromatic heterocycles. The first-order chi connectivity index (χ1) is 11.9. The average Bonchev–Trinajstić information content (AvgIpc) is 2.60. The highest BCUT2D eigenvalue weighted by Crippen LogP contribution is 2.17. The molecule has 0 saturated heterocycles. The number of carboxylic acid groups (broad SMARTS) is 1. The van der Waals surface area contributed by atoms with Crippen molar-refractivity contribution >= 4 is 17.7 Å². The first-order valence-electron chi connectivity index (χ1n) is 8.11. The SMILES string of the molecule is Cc1ccc(C(=O)c2ccccc2C(=O)NCCCC(=O)O)cc1C. The van der Waals surface area contributed by atoms with E-state index in [-0.39, 0.29) is 24.7 Å². The Kier molecular flexibility index (Phi) is 6.06. The summed E-state index contributed by atoms with van der Waals surface area (Å²) in [4.78, 5) is 35.7. The minimum Gasteiger partial charge on any atom is -0.481 e. The summed E-state index contributed by atoms with van der Waals surface area (Å²) in [6.07, 6.45) is 0.331. The molecule has 2 aromatic rings. The molecule has 25 heavy (non-hydrogen) atoms. The summed E-state index contributed by atoms with van der Waals surface area (Å²) in [5.41, 5.74) is 3.28. The van der Waals surface area contributed by atoms with Gasteiger partial charge in [-0.3, -0.25) is 14.4 Å². The number of nitrogens with one attached hydrogen (secondary N) is 1. The standard InChI is InChI=1S/C20H21NO4/c1-13-9-10-15(12-14(13)2)19(24)16-6-3-4-7-17(16)20(25)21-11-5-8-18(22)23/h3-4,6-7,9-10,12H,5,8,11H2,1-2H3,(H,21,25)(H,22,23). The number of amides is 1. The summed E-state index contributed by atoms with van der Waals surface area (Å²) >= 11 is 0. The smallest absolute Gasteiger partial charge is 0.303 e. The maximum absolute atomic E-state index is 12.8. The van der Waals surface area contributed by atoms with Crippen molar-refractivity contribution in [1.29, 1.82) is 0 Å². The van der Waals surface area contributed by atoms with Gasteiger partial charge in [0.2, 0.25) is 0 Å². The highest BCUT2D eigenvalue weighted by atomic mass is 16.4. The third kappa shape index (κ3) is 4.76. The molecule has 5 nitrogen and oxygen atoms in total. The van der Waals surface area contributed by atoms with E-state index in [1.807, 2.05) is 26.0 Å². The Morgan fingerprint density at radius 2 is 1.64 bits per heavy atom. The van der Waals surface area contributed by atoms with Crippen LogP contribution in [0.1, 0.15) is 50.2 Å². The molecule has 0 radical (unpaired) electrons. The maximum atomic E-state index is 12.8. The molecule has 0 aliphatic carbocycles. The van der Waals surface area contributed by atoms with Crippen molar-refractivity contribution < 1.29 is 19.5 Å². The van der Waals surface area contributed by atoms with E-state index in [2.05, 4.69) is 5.32 Å². The fourth-order valence-corrected chi connectivity index (χ4v) is 2.45. The second-order valence-corrected chi connectivity index (χ2v) is 5.93. The largest absolute Gasteiger partial charge is 0.481 e. The van der Waals surface area contributed by atoms with Crippen LogP contribution in [0.3, 0.4) is 0 Å². The first-order valence-corrected chi connectivity index (χ1v) is 8.11. The molecule has 1 amide bonds. The van der Waals surface area contributed by atoms with Crippen LogP contribution in [0.25, 0.3) is 0 Å². The van der Waals surface area contributed by atoms with Crippen LogP contribution in [0, 0.1) is 13.8 Å². The Labute approximate surface area is 146 Å². The van der Waals surface area contributed by atoms with E-state index in [1.54, 1.807) is 30.3 Å². The molecule has 2 rings (SSSR count). The molecule has 0 atom stereocenters. The van der Waals surface area contributed by atoms with E-state index < -0.39 is 5.97 Å². The number of carbonyl (C=O) groups is 3. The number of ketones is 1. The van der Waals surface area contributed by atoms with Gasteiger partial charge >= 0.3 is 5.97 Å². The zero-order valence-electron chi connectivity index (χ0n) is 14.3. The molecule has 2 N–H and O–H groups in total. The monoisotopic (exact) mass is 339 g/mol. The van der Waals surface area contributed by atoms with Gasteiger partial charge in [0.15, 0.2) is 5.78 Å². The third-order valence-electron chi connectivity index (χ3n) is 4.04. The van der Waals surface area contributed by atoms with Gasteiger partial charge in [0.1, 0.15) is 0 Å². The number of benzene rings is 2. The molecule has 0 unspecified atom stereocenters. The van der Waals surface area contributed by atoms with Crippen LogP contribution in [0.2, 0.25) is 0 Å². The van der Waals surface area contributed by atoms with E-state index in [4.69, 9.17) is 5.11 Å². The van der Waals surface area contributed by atoms with Crippen LogP contribution < -0.4 is 5.32 Å². The Balaban J connectivity index is 2.19. The summed E-state index contributed by atoms with van der Waals surface area (Å²) in [6, 6.07) is 12.1. The van der Waals surface area contributed by atoms with Gasteiger partial charge in [0.25, 0.3) is 5.91 Å². The predicted molar refractivity (Wildman–Crippen MR) is 95.0 cm³/mol. The molecule has 0 fully saturated rings. The van der Waals surface area contributed by atoms with Crippen molar-refractivity contribution in [3.63, 3.8) is 0 Å². The molecule has 0 spiro atoms. The van der Waals surface area contributed by atoms with Crippen molar-refractivity contribution in [3.8, 4) is 0 Å². The molecule has 2 aromatic carbocycles. The molecule has 0 aliphatic heterocycles. The van der Waals surface area contributed by atoms with Gasteiger partial charge in [0.05, 0.1) is 5.56 Å². The summed E-state index contributed by atoms with van der Waals surface area (Å²) in [5.74, 6) is -1.49. The lowest BCUT2D eigenvalue weighted by Gasteiger charge is -2.10. The molecule has 0 bridgehead atoms. The lowest BCUT2D eigenvalue weighted by molar-refractivity contribution is -0.137. The minimum atomic E-state index is -0.903. The van der Waals surface area contributed by atoms with Crippen molar-refractivity contribution in [2.45, 2.75) is 26.7 Å². The van der Waals surface area contributed by atoms with E-state index in [9.17, 15) is 14.4 Å². The van der Waals surface area contributed by atoms with Crippen molar-refractivity contribution in [2.75, 3.05) is 6.54 Å². The van der Waals surface area contributed by atoms with Gasteiger partial charge < -0.3 is 10.4 Å². The fourth-order valence-electron chi connectivity index (χ4n) is 2.45. The number of aliphatic carboxylic acids is 1. The molecule has 0 saturated carbocycles. The van der Waals surface area contributed by atoms with E-state index in [0.717, 1.165) is 11.1 Å². The highest BCUT2D eigenvalue weighted by Gasteiger charge is 2.18. The van der Waals surface area contributed by atoms with Crippen LogP contribution in [0.5, 0.6) is 0 Å². The first kappa shape index (κ1) is 18.4. The van der Waals surface area contributed by atoms with Crippen LogP contribution in [-0.4, -0.2) is 29.3 Å². The maximum Gasteiger partial charge on any atom is 0.303 e. The van der Waals surface area contributed by atoms with Crippen LogP contribution in [0.4, 0.5) is 0 Å². The highest BCUT2D eigenvalue weighted by molar-refractivity contribution is 6.15. The summed E-state index contributed by atoms with van der Waals surface area (Å²) in [7, 11) is 0. The van der Waals surface area contributed by atoms with Crippen LogP contribution in [0.15, 0.2) is 42.5 Å². The summed E-state index contributed by atoms with van der Waals surface area (Å²) in [6.45, 7) is 4.16. The number of hydrogen-bond donors (Lipinski definition) is 2. The second kappa shape index (κ2) is 8.24. The second-order valence-electron chi connectivity index (χ2n) is 5.93. The molecule has 0 aliphatic rings. The van der Waals surface area contributed by atoms with Crippen LogP contribution >= 0.6 is 0 Å². The quantitative estimate of drug-likeness (QED) is 0.600. The van der Waals surface area contributed by atoms with Crippen molar-refractivity contribution in [3.05, 3.63) is 70.3 Å². The van der Waals surface area contributed by atoms with Crippen LogP contribution in [-0.2, 0) is 4.79 Å². The number of aryl methyl sites for hydroxylation is 2. The third-order valence-corrected chi connectivity index (χ3v) is 4.04. The van der Waals surface area contributed by atoms with E-state index >= 15 is 0 Å². The number of carbonyl (C=O) groups excluding carboxylic acids is 2. The Morgan fingerprint density at radius 1 is 0.960 bits per heavy atom. The van der Waals surface area contributed by atoms with E-state index in [1.165, 1.54) is 0 Å². The number of rotatable bonds is 7. The zero-order chi connectivity index (χ0) is 18.4. The molecular weight excluding hydrogens is 318 g/mol. The normalized spacial score (nSPS) is 10.3. The zero-order valence-corrected chi connectivity index (χ0v) is 14.3. The van der Waals surface area contributed by atoms with Gasteiger partial charge in [-0.25, -0.2) is 0 Å². The van der Waals surface area contributed by atoms with Gasteiger partial charge in [-0.2, -0.15) is 0 Å². The molecular formula is C20H21NO4. The van der Waals surface area contributed by atoms with Gasteiger partial charge in [0, 0.05) is 24.1 Å². The Morgan fingerprint density at radius 3 is 2.28 bits per heavy atom.